The van der Waals surface area contributed by atoms with Gasteiger partial charge in [0.1, 0.15) is 28.1 Å². The number of hydrogen-bond donors (Lipinski definition) is 0. The van der Waals surface area contributed by atoms with E-state index < -0.39 is 0 Å². The molecule has 4 aromatic heterocycles. The van der Waals surface area contributed by atoms with Crippen molar-refractivity contribution in [2.75, 3.05) is 14.4 Å². The van der Waals surface area contributed by atoms with E-state index >= 15 is 0 Å². The maximum absolute atomic E-state index is 6.67. The Morgan fingerprint density at radius 3 is 1.22 bits per heavy atom. The van der Waals surface area contributed by atoms with Crippen molar-refractivity contribution in [1.82, 2.24) is 9.97 Å². The summed E-state index contributed by atoms with van der Waals surface area (Å²) in [5.74, 6) is 0.902. The van der Waals surface area contributed by atoms with Gasteiger partial charge in [0.15, 0.2) is 0 Å². The lowest BCUT2D eigenvalue weighted by Gasteiger charge is -2.38. The number of anilines is 6. The van der Waals surface area contributed by atoms with E-state index in [2.05, 4.69) is 418 Å². The molecule has 0 saturated heterocycles. The topological polar surface area (TPSA) is 71.0 Å². The van der Waals surface area contributed by atoms with Crippen LogP contribution in [0.3, 0.4) is 0 Å². The molecule has 578 valence electrons. The van der Waals surface area contributed by atoms with Crippen LogP contribution in [0, 0.1) is 0 Å². The van der Waals surface area contributed by atoms with E-state index in [1.165, 1.54) is 100 Å². The first-order chi connectivity index (χ1) is 60.5. The third-order valence-electron chi connectivity index (χ3n) is 26.5. The summed E-state index contributed by atoms with van der Waals surface area (Å²) in [7, 11) is -0.173. The molecule has 0 atom stereocenters. The predicted octanol–water partition coefficient (Wildman–Crippen LogP) is 26.9. The first-order valence-electron chi connectivity index (χ1n) is 42.6. The quantitative estimate of drug-likeness (QED) is 0.146. The molecule has 26 rings (SSSR count). The summed E-state index contributed by atoms with van der Waals surface area (Å²) in [5, 5.41) is 4.33. The maximum Gasteiger partial charge on any atom is 0.524 e. The minimum absolute atomic E-state index is 0.103. The average molecular weight is 1570 g/mol. The van der Waals surface area contributed by atoms with Gasteiger partial charge in [-0.15, -0.1) is 0 Å². The second-order valence-corrected chi connectivity index (χ2v) is 34.2. The van der Waals surface area contributed by atoms with Crippen molar-refractivity contribution in [2.45, 2.75) is 38.3 Å². The van der Waals surface area contributed by atoms with Crippen molar-refractivity contribution < 1.29 is 13.5 Å². The van der Waals surface area contributed by atoms with E-state index in [0.717, 1.165) is 123 Å². The molecule has 0 aliphatic carbocycles. The van der Waals surface area contributed by atoms with Gasteiger partial charge in [-0.3, -0.25) is 0 Å². The summed E-state index contributed by atoms with van der Waals surface area (Å²) < 4.78 is 19.3. The monoisotopic (exact) mass is 1570 g/mol. The van der Waals surface area contributed by atoms with Crippen LogP contribution in [-0.4, -0.2) is 30.7 Å². The number of nitrogens with zero attached hydrogens (tertiary/aromatic N) is 5. The van der Waals surface area contributed by atoms with Crippen LogP contribution >= 0.6 is 0 Å². The molecule has 0 saturated carbocycles. The molecule has 0 radical (unpaired) electrons. The fourth-order valence-corrected chi connectivity index (χ4v) is 20.8. The third kappa shape index (κ3) is 11.5. The summed E-state index contributed by atoms with van der Waals surface area (Å²) in [6, 6.07) is 143. The Bertz CT molecular complexity index is 7650. The highest BCUT2D eigenvalue weighted by Gasteiger charge is 2.55. The molecule has 6 aliphatic heterocycles. The summed E-state index contributed by atoms with van der Waals surface area (Å²) in [5.41, 5.74) is 40.6. The first kappa shape index (κ1) is 71.9. The fraction of sp³-hybridized carbons (Fsp3) is 0.0536. The normalized spacial score (nSPS) is 14.0. The Morgan fingerprint density at radius 2 is 0.626 bits per heavy atom. The largest absolute Gasteiger partial charge is 0.536 e. The van der Waals surface area contributed by atoms with Gasteiger partial charge in [-0.25, -0.2) is 9.97 Å². The van der Waals surface area contributed by atoms with Crippen LogP contribution in [0.15, 0.2) is 409 Å². The van der Waals surface area contributed by atoms with Crippen LogP contribution < -0.4 is 35.5 Å². The van der Waals surface area contributed by atoms with Crippen LogP contribution in [0.4, 0.5) is 34.1 Å². The predicted molar refractivity (Wildman–Crippen MR) is 512 cm³/mol. The van der Waals surface area contributed by atoms with E-state index in [9.17, 15) is 0 Å². The number of aromatic nitrogens is 2. The molecule has 0 spiro atoms. The smallest absolute Gasteiger partial charge is 0.524 e. The third-order valence-corrected chi connectivity index (χ3v) is 26.5. The van der Waals surface area contributed by atoms with Gasteiger partial charge in [0.05, 0.1) is 28.5 Å². The number of rotatable bonds is 7. The second kappa shape index (κ2) is 28.2. The standard InChI is InChI=1S/C38H27BN2O.C38H29BN2.C36H22BNO2/c1-38(2)30-23-24(21-22-35(30)41-34-19-7-4-12-26(34)25-11-3-6-16-31(25)39(38)41)32-17-10-18-33(40-32)29-15-9-14-28-27-13-5-8-20-36(27)42-37(28)29;1-38(2)32-23-28(35-25-29(26-13-5-3-6-14-26)24-34(40-35)27-15-7-4-8-16-27)21-22-37(32)41-36-20-12-10-18-31(36)30-17-9-11-19-33(30)39(38)41;1-4-16-31-27(11-1)28-12-2-5-17-32(28)38-33-20-19-24(22-35(33)40-37(31)38)23-9-7-10-25(21-23)26-14-8-15-30-29-13-3-6-18-34(29)39-36(26)30/h3-23H,1-2H3;3-25H,1-2H3;1-22H. The lowest BCUT2D eigenvalue weighted by molar-refractivity contribution is 0.603. The number of benzene rings is 16. The molecule has 0 N–H and O–H groups in total. The van der Waals surface area contributed by atoms with Crippen LogP contribution in [0.5, 0.6) is 5.75 Å². The molecular weight excluding hydrogens is 1500 g/mol. The van der Waals surface area contributed by atoms with Gasteiger partial charge in [0, 0.05) is 94.5 Å². The number of fused-ring (bicyclic) bond motifs is 30. The van der Waals surface area contributed by atoms with E-state index in [-0.39, 0.29) is 31.4 Å². The van der Waals surface area contributed by atoms with Crippen molar-refractivity contribution >= 4 is 115 Å². The molecule has 0 bridgehead atoms. The van der Waals surface area contributed by atoms with Crippen molar-refractivity contribution in [2.24, 2.45) is 0 Å². The molecule has 8 nitrogen and oxygen atoms in total. The first-order valence-corrected chi connectivity index (χ1v) is 42.6. The van der Waals surface area contributed by atoms with Crippen LogP contribution in [0.2, 0.25) is 0 Å². The maximum atomic E-state index is 6.67. The molecule has 123 heavy (non-hydrogen) atoms. The van der Waals surface area contributed by atoms with Gasteiger partial charge in [0.2, 0.25) is 0 Å². The SMILES string of the molecule is CC1(C)B2c3ccccc3-c3ccccc3N2c2ccc(-c3cc(-c4ccccc4)cc(-c4ccccc4)n3)cc21.CC1(C)B2c3ccccc3-c3ccccc3N2c2ccc(-c3cccc(-c4cccc5c4oc4ccccc45)n3)cc21.c1cc(-c2ccc3c(c2)OB2c4ccccc4-c4ccccc4N23)cc(-c2cccc3c2oc2ccccc23)c1. The van der Waals surface area contributed by atoms with Crippen molar-refractivity contribution in [3.05, 3.63) is 412 Å². The number of hydrogen-bond acceptors (Lipinski definition) is 8. The van der Waals surface area contributed by atoms with Gasteiger partial charge in [-0.05, 0) is 186 Å². The molecule has 0 unspecified atom stereocenters. The van der Waals surface area contributed by atoms with Gasteiger partial charge in [-0.1, -0.05) is 325 Å². The minimum Gasteiger partial charge on any atom is -0.536 e. The van der Waals surface area contributed by atoms with Gasteiger partial charge >= 0.3 is 20.7 Å². The molecule has 20 aromatic rings. The lowest BCUT2D eigenvalue weighted by atomic mass is 9.37. The molecular formula is C112H78B3N5O3. The highest BCUT2D eigenvalue weighted by Crippen LogP contribution is 2.56. The summed E-state index contributed by atoms with van der Waals surface area (Å²) in [4.78, 5) is 17.9. The molecule has 16 aromatic carbocycles. The second-order valence-electron chi connectivity index (χ2n) is 34.2. The number of para-hydroxylation sites is 7. The summed E-state index contributed by atoms with van der Waals surface area (Å²) in [6.07, 6.45) is 0. The van der Waals surface area contributed by atoms with E-state index in [4.69, 9.17) is 23.5 Å². The Kier molecular flexibility index (Phi) is 16.5. The Labute approximate surface area is 715 Å². The molecule has 6 aliphatic rings. The van der Waals surface area contributed by atoms with E-state index in [0.29, 0.717) is 0 Å². The summed E-state index contributed by atoms with van der Waals surface area (Å²) in [6.45, 7) is 10.0. The van der Waals surface area contributed by atoms with Crippen molar-refractivity contribution in [1.29, 1.82) is 0 Å². The average Bonchev–Trinajstić information content (AvgIpc) is 1.55. The fourth-order valence-electron chi connectivity index (χ4n) is 20.8. The summed E-state index contributed by atoms with van der Waals surface area (Å²) >= 11 is 0. The van der Waals surface area contributed by atoms with Gasteiger partial charge in [0.25, 0.3) is 0 Å². The highest BCUT2D eigenvalue weighted by molar-refractivity contribution is 6.85. The van der Waals surface area contributed by atoms with Gasteiger partial charge in [-0.2, -0.15) is 0 Å². The van der Waals surface area contributed by atoms with Crippen LogP contribution in [0.1, 0.15) is 38.8 Å². The molecule has 0 amide bonds. The highest BCUT2D eigenvalue weighted by atomic mass is 16.5. The Hall–Kier alpha value is -15.2. The molecule has 11 heteroatoms. The Balaban J connectivity index is 0.000000104. The Morgan fingerprint density at radius 1 is 0.236 bits per heavy atom. The van der Waals surface area contributed by atoms with Crippen molar-refractivity contribution in [3.8, 4) is 118 Å². The van der Waals surface area contributed by atoms with Crippen LogP contribution in [0.25, 0.3) is 156 Å². The van der Waals surface area contributed by atoms with E-state index in [1.54, 1.807) is 0 Å². The zero-order chi connectivity index (χ0) is 81.8. The zero-order valence-electron chi connectivity index (χ0n) is 68.3. The van der Waals surface area contributed by atoms with Crippen molar-refractivity contribution in [3.63, 3.8) is 0 Å². The number of pyridine rings is 2. The lowest BCUT2D eigenvalue weighted by Crippen LogP contribution is -2.55. The molecule has 10 heterocycles. The number of furan rings is 2. The minimum atomic E-state index is -0.173. The van der Waals surface area contributed by atoms with Crippen LogP contribution in [-0.2, 0) is 10.6 Å². The zero-order valence-corrected chi connectivity index (χ0v) is 68.3. The van der Waals surface area contributed by atoms with E-state index in [1.807, 2.05) is 24.3 Å². The van der Waals surface area contributed by atoms with Gasteiger partial charge < -0.3 is 27.9 Å². The molecule has 0 fully saturated rings.